The van der Waals surface area contributed by atoms with Crippen LogP contribution in [0.2, 0.25) is 0 Å². The number of likely N-dealkylation sites (N-methyl/N-ethyl adjacent to an activating group) is 1. The molecule has 5 heteroatoms. The Kier molecular flexibility index (Phi) is 8.82. The molecule has 1 amide bonds. The fourth-order valence-corrected chi connectivity index (χ4v) is 2.58. The number of para-hydroxylation sites is 1. The first kappa shape index (κ1) is 17.8. The number of anilines is 1. The summed E-state index contributed by atoms with van der Waals surface area (Å²) in [6.07, 6.45) is 2.78. The summed E-state index contributed by atoms with van der Waals surface area (Å²) < 4.78 is 5.01. The number of hydrogen-bond acceptors (Lipinski definition) is 4. The van der Waals surface area contributed by atoms with Gasteiger partial charge in [-0.1, -0.05) is 18.2 Å². The van der Waals surface area contributed by atoms with Gasteiger partial charge in [0.1, 0.15) is 0 Å². The van der Waals surface area contributed by atoms with E-state index in [0.29, 0.717) is 13.2 Å². The van der Waals surface area contributed by atoms with Crippen molar-refractivity contribution in [1.29, 1.82) is 0 Å². The maximum Gasteiger partial charge on any atom is 0.238 e. The van der Waals surface area contributed by atoms with Gasteiger partial charge in [0.15, 0.2) is 0 Å². The molecule has 0 fully saturated rings. The van der Waals surface area contributed by atoms with E-state index in [1.54, 1.807) is 18.9 Å². The second-order valence-corrected chi connectivity index (χ2v) is 5.79. The zero-order valence-corrected chi connectivity index (χ0v) is 13.6. The van der Waals surface area contributed by atoms with Crippen LogP contribution >= 0.6 is 11.8 Å². The van der Waals surface area contributed by atoms with Crippen LogP contribution in [0.15, 0.2) is 41.8 Å². The number of nitrogens with zero attached hydrogens (tertiary/aromatic N) is 1. The number of amides is 1. The van der Waals surface area contributed by atoms with Gasteiger partial charge in [0.25, 0.3) is 0 Å². The minimum Gasteiger partial charge on any atom is -0.385 e. The lowest BCUT2D eigenvalue weighted by molar-refractivity contribution is -0.117. The third-order valence-electron chi connectivity index (χ3n) is 2.82. The van der Waals surface area contributed by atoms with Crippen LogP contribution in [-0.4, -0.2) is 50.4 Å². The van der Waals surface area contributed by atoms with Crippen molar-refractivity contribution >= 4 is 23.4 Å². The molecule has 0 aliphatic rings. The average molecular weight is 308 g/mol. The van der Waals surface area contributed by atoms with Gasteiger partial charge in [-0.3, -0.25) is 9.69 Å². The number of carbonyl (C=O) groups is 1. The summed E-state index contributed by atoms with van der Waals surface area (Å²) >= 11 is 1.66. The molecule has 1 N–H and O–H groups in total. The second-order valence-electron chi connectivity index (χ2n) is 4.73. The van der Waals surface area contributed by atoms with Crippen LogP contribution in [0.1, 0.15) is 6.42 Å². The highest BCUT2D eigenvalue weighted by atomic mass is 32.2. The van der Waals surface area contributed by atoms with Crippen molar-refractivity contribution < 1.29 is 9.53 Å². The summed E-state index contributed by atoms with van der Waals surface area (Å²) in [4.78, 5) is 15.1. The van der Waals surface area contributed by atoms with E-state index < -0.39 is 0 Å². The zero-order chi connectivity index (χ0) is 15.5. The Bertz CT molecular complexity index is 452. The van der Waals surface area contributed by atoms with Crippen LogP contribution in [-0.2, 0) is 9.53 Å². The Morgan fingerprint density at radius 3 is 2.95 bits per heavy atom. The van der Waals surface area contributed by atoms with Crippen LogP contribution in [0, 0.1) is 0 Å². The van der Waals surface area contributed by atoms with Crippen molar-refractivity contribution in [3.63, 3.8) is 0 Å². The van der Waals surface area contributed by atoms with E-state index in [2.05, 4.69) is 11.9 Å². The Labute approximate surface area is 131 Å². The predicted molar refractivity (Wildman–Crippen MR) is 90.0 cm³/mol. The molecule has 0 atom stereocenters. The molecule has 0 spiro atoms. The Morgan fingerprint density at radius 2 is 2.24 bits per heavy atom. The maximum atomic E-state index is 12.1. The summed E-state index contributed by atoms with van der Waals surface area (Å²) in [5, 5.41) is 2.97. The molecule has 1 aromatic rings. The molecule has 0 heterocycles. The van der Waals surface area contributed by atoms with E-state index in [1.165, 1.54) is 0 Å². The third kappa shape index (κ3) is 7.32. The Balaban J connectivity index is 2.48. The lowest BCUT2D eigenvalue weighted by Crippen LogP contribution is -2.31. The van der Waals surface area contributed by atoms with Crippen LogP contribution in [0.4, 0.5) is 5.69 Å². The summed E-state index contributed by atoms with van der Waals surface area (Å²) in [5.74, 6) is 0.825. The molecule has 0 radical (unpaired) electrons. The van der Waals surface area contributed by atoms with Crippen molar-refractivity contribution in [2.45, 2.75) is 11.3 Å². The van der Waals surface area contributed by atoms with Gasteiger partial charge in [0.05, 0.1) is 12.2 Å². The van der Waals surface area contributed by atoms with Gasteiger partial charge in [-0.05, 0) is 25.6 Å². The Morgan fingerprint density at radius 1 is 1.48 bits per heavy atom. The number of hydrogen-bond donors (Lipinski definition) is 1. The average Bonchev–Trinajstić information content (AvgIpc) is 2.46. The van der Waals surface area contributed by atoms with Crippen LogP contribution in [0.5, 0.6) is 0 Å². The number of nitrogens with one attached hydrogen (secondary N) is 1. The lowest BCUT2D eigenvalue weighted by Gasteiger charge is -2.16. The lowest BCUT2D eigenvalue weighted by atomic mass is 10.3. The van der Waals surface area contributed by atoms with Gasteiger partial charge < -0.3 is 10.1 Å². The normalized spacial score (nSPS) is 10.6. The first-order valence-corrected chi connectivity index (χ1v) is 7.96. The van der Waals surface area contributed by atoms with E-state index >= 15 is 0 Å². The highest BCUT2D eigenvalue weighted by Crippen LogP contribution is 2.26. The van der Waals surface area contributed by atoms with Crippen molar-refractivity contribution in [1.82, 2.24) is 4.90 Å². The summed E-state index contributed by atoms with van der Waals surface area (Å²) in [5.41, 5.74) is 0.861. The summed E-state index contributed by atoms with van der Waals surface area (Å²) in [7, 11) is 3.62. The van der Waals surface area contributed by atoms with Crippen LogP contribution in [0.25, 0.3) is 0 Å². The van der Waals surface area contributed by atoms with Crippen LogP contribution < -0.4 is 5.32 Å². The van der Waals surface area contributed by atoms with Crippen molar-refractivity contribution in [2.75, 3.05) is 44.9 Å². The molecular weight excluding hydrogens is 284 g/mol. The molecule has 0 unspecified atom stereocenters. The third-order valence-corrected chi connectivity index (χ3v) is 3.89. The number of methoxy groups -OCH3 is 1. The number of thioether (sulfide) groups is 1. The molecule has 0 aromatic heterocycles. The molecule has 21 heavy (non-hydrogen) atoms. The molecule has 0 bridgehead atoms. The van der Waals surface area contributed by atoms with Gasteiger partial charge in [0, 0.05) is 30.9 Å². The van der Waals surface area contributed by atoms with Gasteiger partial charge in [-0.15, -0.1) is 18.3 Å². The molecule has 1 aromatic carbocycles. The number of ether oxygens (including phenoxy) is 1. The van der Waals surface area contributed by atoms with Crippen molar-refractivity contribution in [3.8, 4) is 0 Å². The highest BCUT2D eigenvalue weighted by Gasteiger charge is 2.09. The Hall–Kier alpha value is -1.30. The van der Waals surface area contributed by atoms with Gasteiger partial charge in [0.2, 0.25) is 5.91 Å². The van der Waals surface area contributed by atoms with Crippen LogP contribution in [0.3, 0.4) is 0 Å². The van der Waals surface area contributed by atoms with E-state index in [1.807, 2.05) is 42.3 Å². The maximum absolute atomic E-state index is 12.1. The van der Waals surface area contributed by atoms with Gasteiger partial charge >= 0.3 is 0 Å². The number of rotatable bonds is 10. The smallest absolute Gasteiger partial charge is 0.238 e. The monoisotopic (exact) mass is 308 g/mol. The van der Waals surface area contributed by atoms with E-state index in [-0.39, 0.29) is 5.91 Å². The minimum absolute atomic E-state index is 0.00145. The van der Waals surface area contributed by atoms with Gasteiger partial charge in [-0.2, -0.15) is 0 Å². The number of carbonyl (C=O) groups excluding carboxylic acids is 1. The summed E-state index contributed by atoms with van der Waals surface area (Å²) in [6.45, 7) is 5.65. The molecule has 1 rings (SSSR count). The molecule has 0 saturated heterocycles. The topological polar surface area (TPSA) is 41.6 Å². The zero-order valence-electron chi connectivity index (χ0n) is 12.8. The fraction of sp³-hybridized carbons (Fsp3) is 0.438. The van der Waals surface area contributed by atoms with Gasteiger partial charge in [-0.25, -0.2) is 0 Å². The van der Waals surface area contributed by atoms with E-state index in [9.17, 15) is 4.79 Å². The van der Waals surface area contributed by atoms with Crippen molar-refractivity contribution in [3.05, 3.63) is 36.9 Å². The quantitative estimate of drug-likeness (QED) is 0.410. The first-order valence-electron chi connectivity index (χ1n) is 6.97. The molecule has 0 saturated carbocycles. The SMILES string of the molecule is C=CCSc1ccccc1NC(=O)CN(C)CCCOC. The molecule has 0 aliphatic carbocycles. The predicted octanol–water partition coefficient (Wildman–Crippen LogP) is 2.87. The van der Waals surface area contributed by atoms with Crippen molar-refractivity contribution in [2.24, 2.45) is 0 Å². The largest absolute Gasteiger partial charge is 0.385 e. The standard InChI is InChI=1S/C16H24N2O2S/c1-4-12-21-15-9-6-5-8-14(15)17-16(19)13-18(2)10-7-11-20-3/h4-6,8-9H,1,7,10-13H2,2-3H3,(H,17,19). The molecular formula is C16H24N2O2S. The fourth-order valence-electron chi connectivity index (χ4n) is 1.84. The highest BCUT2D eigenvalue weighted by molar-refractivity contribution is 7.99. The second kappa shape index (κ2) is 10.4. The summed E-state index contributed by atoms with van der Waals surface area (Å²) in [6, 6.07) is 7.83. The van der Waals surface area contributed by atoms with E-state index in [4.69, 9.17) is 4.74 Å². The molecule has 0 aliphatic heterocycles. The minimum atomic E-state index is 0.00145. The molecule has 116 valence electrons. The first-order chi connectivity index (χ1) is 10.2. The van der Waals surface area contributed by atoms with E-state index in [0.717, 1.165) is 29.3 Å². The number of benzene rings is 1. The molecule has 4 nitrogen and oxygen atoms in total.